The topological polar surface area (TPSA) is 35.6 Å². The second kappa shape index (κ2) is 9.05. The van der Waals surface area contributed by atoms with E-state index in [-0.39, 0.29) is 5.91 Å². The molecular weight excluding hydrogens is 334 g/mol. The van der Waals surface area contributed by atoms with Gasteiger partial charge in [0.05, 0.1) is 0 Å². The number of amides is 1. The Kier molecular flexibility index (Phi) is 6.51. The molecule has 1 aliphatic rings. The summed E-state index contributed by atoms with van der Waals surface area (Å²) >= 11 is 0. The lowest BCUT2D eigenvalue weighted by Gasteiger charge is -2.36. The molecule has 0 spiro atoms. The van der Waals surface area contributed by atoms with Crippen molar-refractivity contribution in [2.45, 2.75) is 27.2 Å². The van der Waals surface area contributed by atoms with Crippen LogP contribution in [0.4, 0.5) is 5.69 Å². The lowest BCUT2D eigenvalue weighted by atomic mass is 9.99. The summed E-state index contributed by atoms with van der Waals surface area (Å²) in [6.07, 6.45) is 0.987. The van der Waals surface area contributed by atoms with Gasteiger partial charge in [-0.1, -0.05) is 35.9 Å². The van der Waals surface area contributed by atoms with Crippen molar-refractivity contribution in [3.63, 3.8) is 0 Å². The molecule has 0 aliphatic carbocycles. The highest BCUT2D eigenvalue weighted by molar-refractivity contribution is 5.97. The molecular formula is C23H31N3O. The van der Waals surface area contributed by atoms with Gasteiger partial charge in [-0.25, -0.2) is 0 Å². The quantitative estimate of drug-likeness (QED) is 0.795. The van der Waals surface area contributed by atoms with E-state index in [4.69, 9.17) is 0 Å². The van der Waals surface area contributed by atoms with Crippen LogP contribution in [0, 0.1) is 20.8 Å². The Labute approximate surface area is 163 Å². The van der Waals surface area contributed by atoms with Crippen molar-refractivity contribution in [3.05, 3.63) is 64.7 Å². The van der Waals surface area contributed by atoms with Gasteiger partial charge in [0.25, 0.3) is 5.91 Å². The van der Waals surface area contributed by atoms with Crippen LogP contribution in [-0.2, 0) is 0 Å². The van der Waals surface area contributed by atoms with Crippen LogP contribution in [0.1, 0.15) is 33.5 Å². The van der Waals surface area contributed by atoms with Gasteiger partial charge in [0.15, 0.2) is 0 Å². The van der Waals surface area contributed by atoms with Crippen molar-refractivity contribution in [1.29, 1.82) is 0 Å². The second-order valence-electron chi connectivity index (χ2n) is 7.55. The van der Waals surface area contributed by atoms with Crippen LogP contribution in [0.15, 0.2) is 42.5 Å². The molecule has 0 atom stereocenters. The van der Waals surface area contributed by atoms with Gasteiger partial charge < -0.3 is 10.2 Å². The summed E-state index contributed by atoms with van der Waals surface area (Å²) in [6, 6.07) is 14.8. The normalized spacial score (nSPS) is 15.0. The van der Waals surface area contributed by atoms with Crippen molar-refractivity contribution in [2.24, 2.45) is 0 Å². The van der Waals surface area contributed by atoms with Crippen LogP contribution >= 0.6 is 0 Å². The van der Waals surface area contributed by atoms with E-state index in [0.29, 0.717) is 0 Å². The molecule has 1 aliphatic heterocycles. The first kappa shape index (κ1) is 19.4. The Morgan fingerprint density at radius 2 is 1.59 bits per heavy atom. The predicted octanol–water partition coefficient (Wildman–Crippen LogP) is 3.55. The molecule has 0 unspecified atom stereocenters. The summed E-state index contributed by atoms with van der Waals surface area (Å²) < 4.78 is 0. The first-order chi connectivity index (χ1) is 13.0. The Hall–Kier alpha value is -2.33. The number of hydrogen-bond acceptors (Lipinski definition) is 3. The zero-order valence-electron chi connectivity index (χ0n) is 16.8. The zero-order valence-corrected chi connectivity index (χ0v) is 16.8. The van der Waals surface area contributed by atoms with E-state index < -0.39 is 0 Å². The molecule has 1 amide bonds. The van der Waals surface area contributed by atoms with E-state index in [1.54, 1.807) is 0 Å². The zero-order chi connectivity index (χ0) is 19.2. The van der Waals surface area contributed by atoms with Crippen molar-refractivity contribution < 1.29 is 4.79 Å². The average molecular weight is 366 g/mol. The Morgan fingerprint density at radius 1 is 0.963 bits per heavy atom. The third kappa shape index (κ3) is 5.10. The van der Waals surface area contributed by atoms with Crippen LogP contribution in [0.3, 0.4) is 0 Å². The van der Waals surface area contributed by atoms with Crippen molar-refractivity contribution >= 4 is 11.6 Å². The van der Waals surface area contributed by atoms with Crippen LogP contribution < -0.4 is 10.2 Å². The Morgan fingerprint density at radius 3 is 2.22 bits per heavy atom. The fourth-order valence-corrected chi connectivity index (χ4v) is 4.00. The number of piperazine rings is 1. The third-order valence-corrected chi connectivity index (χ3v) is 5.33. The molecule has 0 saturated carbocycles. The molecule has 2 aromatic carbocycles. The molecule has 27 heavy (non-hydrogen) atoms. The monoisotopic (exact) mass is 365 g/mol. The highest BCUT2D eigenvalue weighted by Gasteiger charge is 2.17. The Bertz CT molecular complexity index is 741. The molecule has 0 radical (unpaired) electrons. The molecule has 144 valence electrons. The van der Waals surface area contributed by atoms with E-state index in [1.165, 1.54) is 11.3 Å². The minimum Gasteiger partial charge on any atom is -0.369 e. The van der Waals surface area contributed by atoms with Gasteiger partial charge in [0.2, 0.25) is 0 Å². The number of carbonyl (C=O) groups excluding carboxylic acids is 1. The van der Waals surface area contributed by atoms with Gasteiger partial charge >= 0.3 is 0 Å². The number of nitrogens with one attached hydrogen (secondary N) is 1. The molecule has 4 heteroatoms. The van der Waals surface area contributed by atoms with Gasteiger partial charge in [-0.3, -0.25) is 9.69 Å². The van der Waals surface area contributed by atoms with Gasteiger partial charge in [-0.2, -0.15) is 0 Å². The maximum atomic E-state index is 12.5. The minimum atomic E-state index is 0.0545. The number of benzene rings is 2. The SMILES string of the molecule is Cc1cc(C)c(C(=O)NCCCN2CCN(c3ccccc3)CC2)c(C)c1. The minimum absolute atomic E-state index is 0.0545. The number of aryl methyl sites for hydroxylation is 3. The molecule has 1 fully saturated rings. The van der Waals surface area contributed by atoms with Gasteiger partial charge in [0.1, 0.15) is 0 Å². The summed E-state index contributed by atoms with van der Waals surface area (Å²) in [5.74, 6) is 0.0545. The molecule has 0 bridgehead atoms. The first-order valence-electron chi connectivity index (χ1n) is 9.93. The highest BCUT2D eigenvalue weighted by atomic mass is 16.1. The standard InChI is InChI=1S/C23H31N3O/c1-18-16-19(2)22(20(3)17-18)23(27)24-10-7-11-25-12-14-26(15-13-25)21-8-5-4-6-9-21/h4-6,8-9,16-17H,7,10-15H2,1-3H3,(H,24,27). The maximum absolute atomic E-state index is 12.5. The largest absolute Gasteiger partial charge is 0.369 e. The Balaban J connectivity index is 1.39. The molecule has 1 N–H and O–H groups in total. The van der Waals surface area contributed by atoms with E-state index in [0.717, 1.165) is 62.4 Å². The maximum Gasteiger partial charge on any atom is 0.251 e. The smallest absolute Gasteiger partial charge is 0.251 e. The van der Waals surface area contributed by atoms with Crippen molar-refractivity contribution in [1.82, 2.24) is 10.2 Å². The highest BCUT2D eigenvalue weighted by Crippen LogP contribution is 2.17. The molecule has 1 saturated heterocycles. The lowest BCUT2D eigenvalue weighted by Crippen LogP contribution is -2.47. The summed E-state index contributed by atoms with van der Waals surface area (Å²) in [4.78, 5) is 17.5. The van der Waals surface area contributed by atoms with Crippen LogP contribution in [0.5, 0.6) is 0 Å². The summed E-state index contributed by atoms with van der Waals surface area (Å²) in [5.41, 5.74) is 5.46. The van der Waals surface area contributed by atoms with Crippen LogP contribution in [0.2, 0.25) is 0 Å². The summed E-state index contributed by atoms with van der Waals surface area (Å²) in [7, 11) is 0. The number of anilines is 1. The van der Waals surface area contributed by atoms with E-state index in [9.17, 15) is 4.79 Å². The number of nitrogens with zero attached hydrogens (tertiary/aromatic N) is 2. The summed E-state index contributed by atoms with van der Waals surface area (Å²) in [5, 5.41) is 3.10. The molecule has 2 aromatic rings. The van der Waals surface area contributed by atoms with Gasteiger partial charge in [-0.15, -0.1) is 0 Å². The second-order valence-corrected chi connectivity index (χ2v) is 7.55. The van der Waals surface area contributed by atoms with Gasteiger partial charge in [0, 0.05) is 44.0 Å². The molecule has 4 nitrogen and oxygen atoms in total. The van der Waals surface area contributed by atoms with Crippen LogP contribution in [0.25, 0.3) is 0 Å². The fourth-order valence-electron chi connectivity index (χ4n) is 4.00. The molecule has 1 heterocycles. The number of para-hydroxylation sites is 1. The number of carbonyl (C=O) groups is 1. The molecule has 3 rings (SSSR count). The van der Waals surface area contributed by atoms with E-state index in [1.807, 2.05) is 13.8 Å². The average Bonchev–Trinajstić information content (AvgIpc) is 2.65. The fraction of sp³-hybridized carbons (Fsp3) is 0.435. The first-order valence-corrected chi connectivity index (χ1v) is 9.93. The summed E-state index contributed by atoms with van der Waals surface area (Å²) in [6.45, 7) is 12.2. The van der Waals surface area contributed by atoms with Crippen molar-refractivity contribution in [3.8, 4) is 0 Å². The van der Waals surface area contributed by atoms with E-state index in [2.05, 4.69) is 64.5 Å². The van der Waals surface area contributed by atoms with E-state index >= 15 is 0 Å². The van der Waals surface area contributed by atoms with Crippen molar-refractivity contribution in [2.75, 3.05) is 44.2 Å². The molecule has 0 aromatic heterocycles. The number of rotatable bonds is 6. The van der Waals surface area contributed by atoms with Gasteiger partial charge in [-0.05, 0) is 57.0 Å². The third-order valence-electron chi connectivity index (χ3n) is 5.33. The number of hydrogen-bond donors (Lipinski definition) is 1. The predicted molar refractivity (Wildman–Crippen MR) is 113 cm³/mol. The lowest BCUT2D eigenvalue weighted by molar-refractivity contribution is 0.0950. The van der Waals surface area contributed by atoms with Crippen LogP contribution in [-0.4, -0.2) is 50.1 Å².